The Morgan fingerprint density at radius 2 is 1.89 bits per heavy atom. The number of nitrogens with one attached hydrogen (secondary N) is 1. The van der Waals surface area contributed by atoms with Crippen molar-refractivity contribution in [1.82, 2.24) is 9.80 Å². The van der Waals surface area contributed by atoms with Crippen molar-refractivity contribution in [2.45, 2.75) is 59.0 Å². The quantitative estimate of drug-likeness (QED) is 0.673. The first kappa shape index (κ1) is 24.9. The summed E-state index contributed by atoms with van der Waals surface area (Å²) >= 11 is 0. The van der Waals surface area contributed by atoms with E-state index in [1.165, 1.54) is 12.1 Å². The highest BCUT2D eigenvalue weighted by Crippen LogP contribution is 2.29. The van der Waals surface area contributed by atoms with Crippen molar-refractivity contribution in [3.05, 3.63) is 64.0 Å². The first-order chi connectivity index (χ1) is 16.8. The van der Waals surface area contributed by atoms with Gasteiger partial charge in [0.2, 0.25) is 5.91 Å². The zero-order chi connectivity index (χ0) is 25.1. The topological polar surface area (TPSA) is 76.4 Å². The Morgan fingerprint density at radius 3 is 2.57 bits per heavy atom. The van der Waals surface area contributed by atoms with Gasteiger partial charge in [0.1, 0.15) is 5.82 Å². The van der Waals surface area contributed by atoms with Crippen LogP contribution < -0.4 is 5.32 Å². The van der Waals surface area contributed by atoms with E-state index in [2.05, 4.69) is 23.2 Å². The highest BCUT2D eigenvalue weighted by Gasteiger charge is 2.33. The molecule has 2 aromatic rings. The van der Waals surface area contributed by atoms with E-state index in [0.717, 1.165) is 55.5 Å². The summed E-state index contributed by atoms with van der Waals surface area (Å²) < 4.78 is 14.5. The van der Waals surface area contributed by atoms with E-state index in [4.69, 9.17) is 0 Å². The minimum atomic E-state index is -0.411. The number of halogens is 1. The fourth-order valence-corrected chi connectivity index (χ4v) is 5.26. The van der Waals surface area contributed by atoms with Crippen molar-refractivity contribution in [2.75, 3.05) is 25.0 Å². The molecular weight excluding hydrogens is 443 g/mol. The molecule has 2 amide bonds. The molecular formula is C28H33FN4O2. The lowest BCUT2D eigenvalue weighted by molar-refractivity contribution is -0.140. The number of amides is 2. The van der Waals surface area contributed by atoms with Crippen LogP contribution in [0.1, 0.15) is 65.2 Å². The highest BCUT2D eigenvalue weighted by molar-refractivity contribution is 6.05. The minimum Gasteiger partial charge on any atom is -0.337 e. The third-order valence-electron chi connectivity index (χ3n) is 7.44. The summed E-state index contributed by atoms with van der Waals surface area (Å²) in [5.74, 6) is -0.324. The average molecular weight is 477 g/mol. The molecule has 4 rings (SSSR count). The van der Waals surface area contributed by atoms with Gasteiger partial charge in [0, 0.05) is 49.4 Å². The van der Waals surface area contributed by atoms with Gasteiger partial charge in [-0.3, -0.25) is 14.5 Å². The number of hydrogen-bond donors (Lipinski definition) is 1. The van der Waals surface area contributed by atoms with E-state index >= 15 is 0 Å². The summed E-state index contributed by atoms with van der Waals surface area (Å²) in [5, 5.41) is 12.1. The number of hydrogen-bond acceptors (Lipinski definition) is 4. The number of anilines is 1. The Morgan fingerprint density at radius 1 is 1.14 bits per heavy atom. The van der Waals surface area contributed by atoms with Crippen molar-refractivity contribution in [1.29, 1.82) is 5.26 Å². The zero-order valence-electron chi connectivity index (χ0n) is 20.7. The van der Waals surface area contributed by atoms with Gasteiger partial charge in [-0.25, -0.2) is 4.39 Å². The van der Waals surface area contributed by atoms with Crippen molar-refractivity contribution in [3.63, 3.8) is 0 Å². The maximum Gasteiger partial charge on any atom is 0.255 e. The average Bonchev–Trinajstić information content (AvgIpc) is 3.37. The van der Waals surface area contributed by atoms with E-state index < -0.39 is 5.82 Å². The second kappa shape index (κ2) is 10.6. The molecule has 184 valence electrons. The summed E-state index contributed by atoms with van der Waals surface area (Å²) in [5.41, 5.74) is 3.64. The lowest BCUT2D eigenvalue weighted by Crippen LogP contribution is -2.54. The molecule has 0 bridgehead atoms. The van der Waals surface area contributed by atoms with E-state index in [1.54, 1.807) is 18.2 Å². The van der Waals surface area contributed by atoms with E-state index in [9.17, 15) is 19.2 Å². The fourth-order valence-electron chi connectivity index (χ4n) is 5.26. The van der Waals surface area contributed by atoms with Crippen LogP contribution in [0.2, 0.25) is 0 Å². The van der Waals surface area contributed by atoms with Gasteiger partial charge in [0.15, 0.2) is 0 Å². The largest absolute Gasteiger partial charge is 0.337 e. The van der Waals surface area contributed by atoms with E-state index in [-0.39, 0.29) is 23.8 Å². The monoisotopic (exact) mass is 476 g/mol. The minimum absolute atomic E-state index is 0.112. The van der Waals surface area contributed by atoms with Crippen LogP contribution in [0.3, 0.4) is 0 Å². The Hall–Kier alpha value is -3.24. The van der Waals surface area contributed by atoms with Crippen molar-refractivity contribution in [2.24, 2.45) is 5.92 Å². The first-order valence-electron chi connectivity index (χ1n) is 12.4. The summed E-state index contributed by atoms with van der Waals surface area (Å²) in [6.45, 7) is 8.48. The van der Waals surface area contributed by atoms with Crippen LogP contribution in [-0.4, -0.2) is 47.3 Å². The summed E-state index contributed by atoms with van der Waals surface area (Å²) in [4.78, 5) is 30.0. The van der Waals surface area contributed by atoms with Gasteiger partial charge < -0.3 is 10.2 Å². The molecule has 2 fully saturated rings. The number of aryl methyl sites for hydroxylation is 1. The molecule has 0 spiro atoms. The molecule has 1 saturated carbocycles. The molecule has 0 aromatic heterocycles. The predicted octanol–water partition coefficient (Wildman–Crippen LogP) is 4.79. The number of nitrogens with zero attached hydrogens (tertiary/aromatic N) is 3. The molecule has 7 heteroatoms. The number of piperazine rings is 1. The standard InChI is InChI=1S/C28H33FN4O2/c1-18-8-9-22(12-23(18)15-30)27(34)31-26-14-25(29)13-24(20(26)3)17-32-10-11-33(19(2)16-32)28(35)21-6-4-5-7-21/h8-9,12-14,19,21H,4-7,10-11,16-17H2,1-3H3,(H,31,34)/t19-/m0/s1. The van der Waals surface area contributed by atoms with Gasteiger partial charge in [0.05, 0.1) is 11.6 Å². The molecule has 6 nitrogen and oxygen atoms in total. The van der Waals surface area contributed by atoms with E-state index in [0.29, 0.717) is 29.9 Å². The summed E-state index contributed by atoms with van der Waals surface area (Å²) in [7, 11) is 0. The first-order valence-corrected chi connectivity index (χ1v) is 12.4. The molecule has 1 atom stereocenters. The van der Waals surface area contributed by atoms with Crippen LogP contribution >= 0.6 is 0 Å². The molecule has 0 radical (unpaired) electrons. The fraction of sp³-hybridized carbons (Fsp3) is 0.464. The van der Waals surface area contributed by atoms with Gasteiger partial charge >= 0.3 is 0 Å². The van der Waals surface area contributed by atoms with Gasteiger partial charge in [-0.05, 0) is 74.6 Å². The smallest absolute Gasteiger partial charge is 0.255 e. The second-order valence-electron chi connectivity index (χ2n) is 9.93. The normalized spacial score (nSPS) is 18.9. The predicted molar refractivity (Wildman–Crippen MR) is 133 cm³/mol. The summed E-state index contributed by atoms with van der Waals surface area (Å²) in [6.07, 6.45) is 4.30. The molecule has 1 aliphatic carbocycles. The molecule has 2 aromatic carbocycles. The van der Waals surface area contributed by atoms with Gasteiger partial charge in [0.25, 0.3) is 5.91 Å². The molecule has 1 heterocycles. The second-order valence-corrected chi connectivity index (χ2v) is 9.93. The molecule has 2 aliphatic rings. The van der Waals surface area contributed by atoms with Gasteiger partial charge in [-0.1, -0.05) is 18.9 Å². The summed E-state index contributed by atoms with van der Waals surface area (Å²) in [6, 6.07) is 9.99. The molecule has 1 saturated heterocycles. The number of carbonyl (C=O) groups excluding carboxylic acids is 2. The molecule has 35 heavy (non-hydrogen) atoms. The van der Waals surface area contributed by atoms with Crippen molar-refractivity contribution in [3.8, 4) is 6.07 Å². The molecule has 0 unspecified atom stereocenters. The van der Waals surface area contributed by atoms with Gasteiger partial charge in [-0.15, -0.1) is 0 Å². The molecule has 1 aliphatic heterocycles. The number of carbonyl (C=O) groups is 2. The Labute approximate surface area is 206 Å². The lowest BCUT2D eigenvalue weighted by Gasteiger charge is -2.41. The van der Waals surface area contributed by atoms with Gasteiger partial charge in [-0.2, -0.15) is 5.26 Å². The van der Waals surface area contributed by atoms with Crippen LogP contribution in [0.5, 0.6) is 0 Å². The van der Waals surface area contributed by atoms with Crippen molar-refractivity contribution < 1.29 is 14.0 Å². The number of nitriles is 1. The lowest BCUT2D eigenvalue weighted by atomic mass is 10.0. The Balaban J connectivity index is 1.44. The maximum absolute atomic E-state index is 14.5. The van der Waals surface area contributed by atoms with Crippen molar-refractivity contribution >= 4 is 17.5 Å². The maximum atomic E-state index is 14.5. The third-order valence-corrected chi connectivity index (χ3v) is 7.44. The Kier molecular flexibility index (Phi) is 7.51. The van der Waals surface area contributed by atoms with Crippen LogP contribution in [-0.2, 0) is 11.3 Å². The molecule has 1 N–H and O–H groups in total. The SMILES string of the molecule is Cc1ccc(C(=O)Nc2cc(F)cc(CN3CCN(C(=O)C4CCCC4)[C@@H](C)C3)c2C)cc1C#N. The van der Waals surface area contributed by atoms with Crippen LogP contribution in [0.15, 0.2) is 30.3 Å². The van der Waals surface area contributed by atoms with Crippen LogP contribution in [0.4, 0.5) is 10.1 Å². The van der Waals surface area contributed by atoms with E-state index in [1.807, 2.05) is 18.7 Å². The number of rotatable bonds is 5. The zero-order valence-corrected chi connectivity index (χ0v) is 20.7. The van der Waals surface area contributed by atoms with Crippen LogP contribution in [0, 0.1) is 36.9 Å². The third kappa shape index (κ3) is 5.54. The van der Waals surface area contributed by atoms with Crippen LogP contribution in [0.25, 0.3) is 0 Å². The highest BCUT2D eigenvalue weighted by atomic mass is 19.1. The Bertz CT molecular complexity index is 1170. The number of benzene rings is 2.